The minimum Gasteiger partial charge on any atom is -0.452 e. The molecule has 2 aromatic rings. The third-order valence-corrected chi connectivity index (χ3v) is 4.45. The lowest BCUT2D eigenvalue weighted by molar-refractivity contribution is -0.119. The Morgan fingerprint density at radius 1 is 1.26 bits per heavy atom. The molecule has 1 aliphatic heterocycles. The lowest BCUT2D eigenvalue weighted by Crippen LogP contribution is -2.27. The second-order valence-corrected chi connectivity index (χ2v) is 6.57. The molecule has 2 amide bonds. The fourth-order valence-corrected chi connectivity index (χ4v) is 3.01. The van der Waals surface area contributed by atoms with Gasteiger partial charge in [-0.3, -0.25) is 9.59 Å². The zero-order valence-corrected chi connectivity index (χ0v) is 15.6. The molecule has 7 nitrogen and oxygen atoms in total. The summed E-state index contributed by atoms with van der Waals surface area (Å²) in [5.74, 6) is -1.38. The number of carbonyl (C=O) groups is 3. The van der Waals surface area contributed by atoms with Gasteiger partial charge in [0, 0.05) is 24.2 Å². The normalized spacial score (nSPS) is 13.6. The van der Waals surface area contributed by atoms with E-state index in [0.29, 0.717) is 35.8 Å². The van der Waals surface area contributed by atoms with Crippen molar-refractivity contribution in [1.82, 2.24) is 4.98 Å². The first-order valence-corrected chi connectivity index (χ1v) is 8.88. The molecule has 0 spiro atoms. The van der Waals surface area contributed by atoms with E-state index in [0.717, 1.165) is 0 Å². The Labute approximate surface area is 165 Å². The molecule has 1 aliphatic rings. The number of aromatic nitrogens is 1. The van der Waals surface area contributed by atoms with Gasteiger partial charge in [-0.25, -0.2) is 9.78 Å². The van der Waals surface area contributed by atoms with Crippen molar-refractivity contribution < 1.29 is 19.1 Å². The Hall–Kier alpha value is -2.64. The summed E-state index contributed by atoms with van der Waals surface area (Å²) >= 11 is 11.9. The molecule has 0 aliphatic carbocycles. The number of nitrogens with zero attached hydrogens (tertiary/aromatic N) is 2. The van der Waals surface area contributed by atoms with Gasteiger partial charge in [-0.05, 0) is 36.8 Å². The second-order valence-electron chi connectivity index (χ2n) is 5.78. The van der Waals surface area contributed by atoms with Crippen LogP contribution in [0.2, 0.25) is 10.2 Å². The molecule has 140 valence electrons. The quantitative estimate of drug-likeness (QED) is 0.606. The number of rotatable bonds is 5. The topological polar surface area (TPSA) is 88.6 Å². The smallest absolute Gasteiger partial charge is 0.340 e. The number of hydrogen-bond acceptors (Lipinski definition) is 5. The van der Waals surface area contributed by atoms with Crippen LogP contribution >= 0.6 is 23.2 Å². The van der Waals surface area contributed by atoms with Gasteiger partial charge in [-0.2, -0.15) is 0 Å². The van der Waals surface area contributed by atoms with Gasteiger partial charge in [-0.15, -0.1) is 0 Å². The number of carbonyl (C=O) groups excluding carboxylic acids is 3. The highest BCUT2D eigenvalue weighted by atomic mass is 35.5. The first-order valence-electron chi connectivity index (χ1n) is 8.13. The van der Waals surface area contributed by atoms with Crippen LogP contribution in [0.15, 0.2) is 36.5 Å². The monoisotopic (exact) mass is 407 g/mol. The fraction of sp³-hybridized carbons (Fsp3) is 0.222. The number of esters is 1. The Kier molecular flexibility index (Phi) is 5.93. The number of halogens is 2. The maximum atomic E-state index is 12.4. The highest BCUT2D eigenvalue weighted by molar-refractivity contribution is 6.32. The summed E-state index contributed by atoms with van der Waals surface area (Å²) in [6.45, 7) is -0.0144. The average Bonchev–Trinajstić information content (AvgIpc) is 3.07. The molecule has 3 rings (SSSR count). The van der Waals surface area contributed by atoms with E-state index in [1.54, 1.807) is 12.1 Å². The van der Waals surface area contributed by atoms with Crippen LogP contribution in [0, 0.1) is 0 Å². The first-order chi connectivity index (χ1) is 13.0. The molecule has 1 aromatic heterocycles. The zero-order valence-electron chi connectivity index (χ0n) is 14.1. The lowest BCUT2D eigenvalue weighted by atomic mass is 10.1. The summed E-state index contributed by atoms with van der Waals surface area (Å²) < 4.78 is 5.08. The first kappa shape index (κ1) is 19.1. The van der Waals surface area contributed by atoms with Crippen LogP contribution in [-0.2, 0) is 14.3 Å². The van der Waals surface area contributed by atoms with Crippen LogP contribution in [0.1, 0.15) is 23.2 Å². The molecule has 0 atom stereocenters. The van der Waals surface area contributed by atoms with Crippen molar-refractivity contribution in [2.45, 2.75) is 12.8 Å². The third-order valence-electron chi connectivity index (χ3n) is 3.91. The van der Waals surface area contributed by atoms with Gasteiger partial charge in [-0.1, -0.05) is 23.2 Å². The summed E-state index contributed by atoms with van der Waals surface area (Å²) in [6.07, 6.45) is 2.60. The van der Waals surface area contributed by atoms with E-state index in [1.165, 1.54) is 29.3 Å². The van der Waals surface area contributed by atoms with Crippen molar-refractivity contribution in [1.29, 1.82) is 0 Å². The van der Waals surface area contributed by atoms with E-state index in [2.05, 4.69) is 10.3 Å². The summed E-state index contributed by atoms with van der Waals surface area (Å²) in [5.41, 5.74) is 0.864. The molecule has 1 fully saturated rings. The van der Waals surface area contributed by atoms with Gasteiger partial charge in [0.15, 0.2) is 11.8 Å². The van der Waals surface area contributed by atoms with Crippen molar-refractivity contribution in [2.24, 2.45) is 0 Å². The number of benzene rings is 1. The summed E-state index contributed by atoms with van der Waals surface area (Å²) in [4.78, 5) is 41.8. The minimum absolute atomic E-state index is 0.0877. The van der Waals surface area contributed by atoms with Crippen molar-refractivity contribution in [3.63, 3.8) is 0 Å². The molecular formula is C18H15Cl2N3O4. The molecule has 2 heterocycles. The van der Waals surface area contributed by atoms with E-state index >= 15 is 0 Å². The average molecular weight is 408 g/mol. The van der Waals surface area contributed by atoms with E-state index in [1.807, 2.05) is 0 Å². The Morgan fingerprint density at radius 3 is 2.78 bits per heavy atom. The predicted octanol–water partition coefficient (Wildman–Crippen LogP) is 3.31. The number of pyridine rings is 1. The Balaban J connectivity index is 1.68. The molecule has 0 saturated carbocycles. The number of nitrogens with one attached hydrogen (secondary N) is 1. The van der Waals surface area contributed by atoms with Gasteiger partial charge < -0.3 is 15.0 Å². The standard InChI is InChI=1S/C18H15Cl2N3O4/c19-11-5-6-12(14(9-11)23-8-2-4-16(23)25)18(26)27-10-15(24)22-13-3-1-7-21-17(13)20/h1,3,5-7,9H,2,4,8,10H2,(H,22,24). The van der Waals surface area contributed by atoms with Crippen LogP contribution in [0.5, 0.6) is 0 Å². The van der Waals surface area contributed by atoms with E-state index in [4.69, 9.17) is 27.9 Å². The molecular weight excluding hydrogens is 393 g/mol. The maximum absolute atomic E-state index is 12.4. The number of anilines is 2. The molecule has 0 unspecified atom stereocenters. The summed E-state index contributed by atoms with van der Waals surface area (Å²) in [6, 6.07) is 7.72. The van der Waals surface area contributed by atoms with E-state index in [9.17, 15) is 14.4 Å². The Bertz CT molecular complexity index is 904. The maximum Gasteiger partial charge on any atom is 0.340 e. The van der Waals surface area contributed by atoms with Crippen LogP contribution in [0.25, 0.3) is 0 Å². The van der Waals surface area contributed by atoms with Gasteiger partial charge in [0.25, 0.3) is 5.91 Å². The molecule has 1 aromatic carbocycles. The fourth-order valence-electron chi connectivity index (χ4n) is 2.68. The SMILES string of the molecule is O=C(COC(=O)c1ccc(Cl)cc1N1CCCC1=O)Nc1cccnc1Cl. The van der Waals surface area contributed by atoms with Gasteiger partial charge in [0.2, 0.25) is 5.91 Å². The lowest BCUT2D eigenvalue weighted by Gasteiger charge is -2.19. The highest BCUT2D eigenvalue weighted by Crippen LogP contribution is 2.29. The zero-order chi connectivity index (χ0) is 19.4. The van der Waals surface area contributed by atoms with Gasteiger partial charge in [0.05, 0.1) is 16.9 Å². The van der Waals surface area contributed by atoms with E-state index in [-0.39, 0.29) is 16.6 Å². The van der Waals surface area contributed by atoms with Crippen LogP contribution in [0.3, 0.4) is 0 Å². The van der Waals surface area contributed by atoms with Gasteiger partial charge >= 0.3 is 5.97 Å². The molecule has 1 N–H and O–H groups in total. The number of ether oxygens (including phenoxy) is 1. The number of amides is 2. The molecule has 0 radical (unpaired) electrons. The van der Waals surface area contributed by atoms with Crippen LogP contribution < -0.4 is 10.2 Å². The molecule has 9 heteroatoms. The predicted molar refractivity (Wildman–Crippen MR) is 101 cm³/mol. The third kappa shape index (κ3) is 4.56. The summed E-state index contributed by atoms with van der Waals surface area (Å²) in [7, 11) is 0. The summed E-state index contributed by atoms with van der Waals surface area (Å²) in [5, 5.41) is 3.03. The number of hydrogen-bond donors (Lipinski definition) is 1. The molecule has 1 saturated heterocycles. The van der Waals surface area contributed by atoms with Crippen molar-refractivity contribution in [3.05, 3.63) is 52.3 Å². The van der Waals surface area contributed by atoms with Crippen molar-refractivity contribution in [3.8, 4) is 0 Å². The van der Waals surface area contributed by atoms with Crippen LogP contribution in [0.4, 0.5) is 11.4 Å². The van der Waals surface area contributed by atoms with Crippen LogP contribution in [-0.4, -0.2) is 35.9 Å². The molecule has 0 bridgehead atoms. The van der Waals surface area contributed by atoms with E-state index < -0.39 is 18.5 Å². The largest absolute Gasteiger partial charge is 0.452 e. The second kappa shape index (κ2) is 8.37. The van der Waals surface area contributed by atoms with Crippen molar-refractivity contribution >= 4 is 52.4 Å². The highest BCUT2D eigenvalue weighted by Gasteiger charge is 2.27. The Morgan fingerprint density at radius 2 is 2.07 bits per heavy atom. The van der Waals surface area contributed by atoms with Gasteiger partial charge in [0.1, 0.15) is 0 Å². The molecule has 27 heavy (non-hydrogen) atoms. The van der Waals surface area contributed by atoms with Crippen molar-refractivity contribution in [2.75, 3.05) is 23.4 Å². The minimum atomic E-state index is -0.728.